The van der Waals surface area contributed by atoms with Crippen molar-refractivity contribution >= 4 is 23.5 Å². The molecule has 0 radical (unpaired) electrons. The van der Waals surface area contributed by atoms with Crippen molar-refractivity contribution in [1.29, 1.82) is 0 Å². The lowest BCUT2D eigenvalue weighted by Crippen LogP contribution is -2.21. The zero-order chi connectivity index (χ0) is 18.1. The molecular formula is C18H25NO5. The highest BCUT2D eigenvalue weighted by molar-refractivity contribution is 5.99. The predicted octanol–water partition coefficient (Wildman–Crippen LogP) is 3.41. The summed E-state index contributed by atoms with van der Waals surface area (Å²) in [5.74, 6) is -1.43. The predicted molar refractivity (Wildman–Crippen MR) is 91.1 cm³/mol. The van der Waals surface area contributed by atoms with Crippen LogP contribution in [-0.4, -0.2) is 31.1 Å². The van der Waals surface area contributed by atoms with E-state index in [1.807, 2.05) is 13.8 Å². The molecule has 6 nitrogen and oxygen atoms in total. The molecule has 0 spiro atoms. The Morgan fingerprint density at radius 1 is 0.958 bits per heavy atom. The summed E-state index contributed by atoms with van der Waals surface area (Å²) in [6, 6.07) is 4.40. The lowest BCUT2D eigenvalue weighted by atomic mass is 10.0. The zero-order valence-electron chi connectivity index (χ0n) is 14.7. The monoisotopic (exact) mass is 335 g/mol. The number of amides is 1. The van der Waals surface area contributed by atoms with E-state index in [1.54, 1.807) is 13.8 Å². The van der Waals surface area contributed by atoms with Crippen LogP contribution in [0.3, 0.4) is 0 Å². The molecule has 1 atom stereocenters. The molecule has 0 bridgehead atoms. The molecule has 0 aromatic heterocycles. The van der Waals surface area contributed by atoms with Gasteiger partial charge in [-0.15, -0.1) is 0 Å². The Bertz CT molecular complexity index is 561. The number of anilines is 1. The maximum atomic E-state index is 12.2. The molecule has 0 heterocycles. The van der Waals surface area contributed by atoms with Gasteiger partial charge in [-0.05, 0) is 38.5 Å². The summed E-state index contributed by atoms with van der Waals surface area (Å²) in [7, 11) is 0. The summed E-state index contributed by atoms with van der Waals surface area (Å²) >= 11 is 0. The maximum Gasteiger partial charge on any atom is 0.338 e. The Morgan fingerprint density at radius 3 is 1.88 bits per heavy atom. The van der Waals surface area contributed by atoms with Crippen LogP contribution >= 0.6 is 0 Å². The van der Waals surface area contributed by atoms with Gasteiger partial charge in [-0.3, -0.25) is 4.79 Å². The van der Waals surface area contributed by atoms with E-state index >= 15 is 0 Å². The molecule has 1 aromatic rings. The summed E-state index contributed by atoms with van der Waals surface area (Å²) < 4.78 is 9.93. The first-order chi connectivity index (χ1) is 11.4. The highest BCUT2D eigenvalue weighted by atomic mass is 16.5. The molecular weight excluding hydrogens is 310 g/mol. The van der Waals surface area contributed by atoms with Gasteiger partial charge in [-0.25, -0.2) is 9.59 Å². The zero-order valence-corrected chi connectivity index (χ0v) is 14.7. The Kier molecular flexibility index (Phi) is 7.95. The molecule has 1 rings (SSSR count). The van der Waals surface area contributed by atoms with Crippen molar-refractivity contribution in [3.8, 4) is 0 Å². The smallest absolute Gasteiger partial charge is 0.338 e. The largest absolute Gasteiger partial charge is 0.462 e. The molecule has 0 aliphatic rings. The molecule has 0 aliphatic heterocycles. The second-order valence-electron chi connectivity index (χ2n) is 5.42. The first-order valence-corrected chi connectivity index (χ1v) is 8.23. The average molecular weight is 335 g/mol. The lowest BCUT2D eigenvalue weighted by Gasteiger charge is -2.13. The van der Waals surface area contributed by atoms with Crippen LogP contribution < -0.4 is 5.32 Å². The van der Waals surface area contributed by atoms with Crippen LogP contribution in [0.4, 0.5) is 5.69 Å². The Hall–Kier alpha value is -2.37. The van der Waals surface area contributed by atoms with Crippen molar-refractivity contribution in [2.75, 3.05) is 18.5 Å². The molecule has 24 heavy (non-hydrogen) atoms. The topological polar surface area (TPSA) is 81.7 Å². The van der Waals surface area contributed by atoms with Gasteiger partial charge >= 0.3 is 11.9 Å². The number of rotatable bonds is 8. The second kappa shape index (κ2) is 9.70. The summed E-state index contributed by atoms with van der Waals surface area (Å²) in [5.41, 5.74) is 0.762. The van der Waals surface area contributed by atoms with Gasteiger partial charge < -0.3 is 14.8 Å². The van der Waals surface area contributed by atoms with Crippen molar-refractivity contribution < 1.29 is 23.9 Å². The van der Waals surface area contributed by atoms with Gasteiger partial charge in [-0.2, -0.15) is 0 Å². The van der Waals surface area contributed by atoms with Crippen molar-refractivity contribution in [3.05, 3.63) is 29.3 Å². The minimum atomic E-state index is -0.555. The van der Waals surface area contributed by atoms with E-state index in [9.17, 15) is 14.4 Å². The quantitative estimate of drug-likeness (QED) is 0.736. The van der Waals surface area contributed by atoms with E-state index < -0.39 is 11.9 Å². The Morgan fingerprint density at radius 2 is 1.46 bits per heavy atom. The number of ether oxygens (including phenoxy) is 2. The van der Waals surface area contributed by atoms with Gasteiger partial charge in [0.15, 0.2) is 0 Å². The summed E-state index contributed by atoms with van der Waals surface area (Å²) in [4.78, 5) is 36.1. The number of hydrogen-bond acceptors (Lipinski definition) is 5. The van der Waals surface area contributed by atoms with Crippen LogP contribution in [0.2, 0.25) is 0 Å². The molecule has 132 valence electrons. The molecule has 0 saturated carbocycles. The third kappa shape index (κ3) is 5.68. The van der Waals surface area contributed by atoms with Gasteiger partial charge in [0, 0.05) is 11.6 Å². The number of esters is 2. The average Bonchev–Trinajstić information content (AvgIpc) is 2.55. The number of hydrogen-bond donors (Lipinski definition) is 1. The number of nitrogens with one attached hydrogen (secondary N) is 1. The van der Waals surface area contributed by atoms with Crippen molar-refractivity contribution in [1.82, 2.24) is 0 Å². The first-order valence-electron chi connectivity index (χ1n) is 8.23. The number of carbonyl (C=O) groups excluding carboxylic acids is 3. The third-order valence-corrected chi connectivity index (χ3v) is 3.39. The second-order valence-corrected chi connectivity index (χ2v) is 5.42. The fourth-order valence-electron chi connectivity index (χ4n) is 2.19. The van der Waals surface area contributed by atoms with E-state index in [2.05, 4.69) is 5.32 Å². The van der Waals surface area contributed by atoms with Crippen molar-refractivity contribution in [3.63, 3.8) is 0 Å². The minimum absolute atomic E-state index is 0.160. The highest BCUT2D eigenvalue weighted by Gasteiger charge is 2.17. The van der Waals surface area contributed by atoms with Crippen LogP contribution in [0, 0.1) is 5.92 Å². The van der Waals surface area contributed by atoms with Crippen LogP contribution in [-0.2, 0) is 14.3 Å². The molecule has 1 aromatic carbocycles. The molecule has 1 N–H and O–H groups in total. The molecule has 0 saturated heterocycles. The standard InChI is InChI=1S/C18H25NO5/c1-5-8-12(4)16(20)19-15-10-13(17(21)23-6-2)9-14(11-15)18(22)24-7-3/h9-12H,5-8H2,1-4H3,(H,19,20)/t12-/m0/s1. The lowest BCUT2D eigenvalue weighted by molar-refractivity contribution is -0.119. The van der Waals surface area contributed by atoms with Crippen molar-refractivity contribution in [2.45, 2.75) is 40.5 Å². The van der Waals surface area contributed by atoms with E-state index in [4.69, 9.17) is 9.47 Å². The minimum Gasteiger partial charge on any atom is -0.462 e. The first kappa shape index (κ1) is 19.7. The molecule has 0 aliphatic carbocycles. The van der Waals surface area contributed by atoms with E-state index in [0.29, 0.717) is 5.69 Å². The van der Waals surface area contributed by atoms with Gasteiger partial charge in [-0.1, -0.05) is 20.3 Å². The van der Waals surface area contributed by atoms with Crippen molar-refractivity contribution in [2.24, 2.45) is 5.92 Å². The van der Waals surface area contributed by atoms with Crippen LogP contribution in [0.5, 0.6) is 0 Å². The highest BCUT2D eigenvalue weighted by Crippen LogP contribution is 2.19. The SMILES string of the molecule is CCC[C@H](C)C(=O)Nc1cc(C(=O)OCC)cc(C(=O)OCC)c1. The fourth-order valence-corrected chi connectivity index (χ4v) is 2.19. The van der Waals surface area contributed by atoms with Crippen LogP contribution in [0.15, 0.2) is 18.2 Å². The number of carbonyl (C=O) groups is 3. The Balaban J connectivity index is 3.11. The maximum absolute atomic E-state index is 12.2. The molecule has 6 heteroatoms. The van der Waals surface area contributed by atoms with E-state index in [-0.39, 0.29) is 36.2 Å². The molecule has 0 unspecified atom stereocenters. The van der Waals surface area contributed by atoms with Crippen LogP contribution in [0.25, 0.3) is 0 Å². The molecule has 1 amide bonds. The van der Waals surface area contributed by atoms with E-state index in [0.717, 1.165) is 12.8 Å². The summed E-state index contributed by atoms with van der Waals surface area (Å²) in [6.07, 6.45) is 1.65. The van der Waals surface area contributed by atoms with Gasteiger partial charge in [0.1, 0.15) is 0 Å². The van der Waals surface area contributed by atoms with E-state index in [1.165, 1.54) is 18.2 Å². The molecule has 0 fully saturated rings. The van der Waals surface area contributed by atoms with Gasteiger partial charge in [0.25, 0.3) is 0 Å². The third-order valence-electron chi connectivity index (χ3n) is 3.39. The summed E-state index contributed by atoms with van der Waals surface area (Å²) in [5, 5.41) is 2.75. The fraction of sp³-hybridized carbons (Fsp3) is 0.500. The van der Waals surface area contributed by atoms with Gasteiger partial charge in [0.2, 0.25) is 5.91 Å². The van der Waals surface area contributed by atoms with Crippen LogP contribution in [0.1, 0.15) is 61.3 Å². The normalized spacial score (nSPS) is 11.5. The van der Waals surface area contributed by atoms with Gasteiger partial charge in [0.05, 0.1) is 24.3 Å². The Labute approximate surface area is 142 Å². The summed E-state index contributed by atoms with van der Waals surface area (Å²) in [6.45, 7) is 7.67. The number of benzene rings is 1.